The van der Waals surface area contributed by atoms with E-state index in [1.54, 1.807) is 24.5 Å². The third-order valence-corrected chi connectivity index (χ3v) is 3.09. The number of carbonyl (C=O) groups excluding carboxylic acids is 1. The zero-order valence-electron chi connectivity index (χ0n) is 10.2. The van der Waals surface area contributed by atoms with Gasteiger partial charge in [-0.2, -0.15) is 0 Å². The van der Waals surface area contributed by atoms with Gasteiger partial charge in [0.05, 0.1) is 10.7 Å². The molecule has 0 unspecified atom stereocenters. The monoisotopic (exact) mass is 290 g/mol. The number of nitrogens with one attached hydrogen (secondary N) is 1. The number of anilines is 1. The number of hydrogen-bond donors (Lipinski definition) is 1. The molecular weight excluding hydrogens is 280 g/mol. The lowest BCUT2D eigenvalue weighted by molar-refractivity contribution is -0.384. The van der Waals surface area contributed by atoms with Crippen molar-refractivity contribution in [3.8, 4) is 0 Å². The van der Waals surface area contributed by atoms with Crippen LogP contribution < -0.4 is 5.32 Å². The summed E-state index contributed by atoms with van der Waals surface area (Å²) in [7, 11) is 0. The molecule has 0 radical (unpaired) electrons. The summed E-state index contributed by atoms with van der Waals surface area (Å²) in [5.41, 5.74) is 0.320. The molecule has 8 heteroatoms. The molecule has 1 heterocycles. The summed E-state index contributed by atoms with van der Waals surface area (Å²) in [5.74, 6) is -0.143. The molecule has 0 aliphatic carbocycles. The first-order chi connectivity index (χ1) is 9.65. The maximum Gasteiger partial charge on any atom is 0.271 e. The van der Waals surface area contributed by atoms with E-state index in [0.29, 0.717) is 10.8 Å². The second-order valence-corrected chi connectivity index (χ2v) is 4.62. The quantitative estimate of drug-likeness (QED) is 0.392. The van der Waals surface area contributed by atoms with Crippen molar-refractivity contribution >= 4 is 29.0 Å². The van der Waals surface area contributed by atoms with Gasteiger partial charge in [0.25, 0.3) is 5.69 Å². The fourth-order valence-electron chi connectivity index (χ4n) is 1.38. The summed E-state index contributed by atoms with van der Waals surface area (Å²) >= 11 is 1.19. The lowest BCUT2D eigenvalue weighted by Gasteiger charge is -2.04. The van der Waals surface area contributed by atoms with Crippen LogP contribution in [0.1, 0.15) is 0 Å². The number of carbonyl (C=O) groups is 1. The van der Waals surface area contributed by atoms with E-state index in [-0.39, 0.29) is 17.3 Å². The van der Waals surface area contributed by atoms with Crippen LogP contribution in [0.25, 0.3) is 0 Å². The Morgan fingerprint density at radius 2 is 2.05 bits per heavy atom. The molecule has 0 aliphatic heterocycles. The standard InChI is InChI=1S/C12H10N4O3S/c17-11(8-20-12-13-5-2-6-14-12)15-9-3-1-4-10(7-9)16(18)19/h1-7H,8H2,(H,15,17). The lowest BCUT2D eigenvalue weighted by atomic mass is 10.3. The summed E-state index contributed by atoms with van der Waals surface area (Å²) < 4.78 is 0. The molecule has 7 nitrogen and oxygen atoms in total. The first-order valence-electron chi connectivity index (χ1n) is 5.59. The molecule has 20 heavy (non-hydrogen) atoms. The van der Waals surface area contributed by atoms with Crippen LogP contribution >= 0.6 is 11.8 Å². The van der Waals surface area contributed by atoms with Gasteiger partial charge in [-0.05, 0) is 12.1 Å². The normalized spacial score (nSPS) is 10.0. The van der Waals surface area contributed by atoms with E-state index < -0.39 is 4.92 Å². The second kappa shape index (κ2) is 6.62. The van der Waals surface area contributed by atoms with Gasteiger partial charge in [-0.3, -0.25) is 14.9 Å². The molecule has 0 bridgehead atoms. The van der Waals surface area contributed by atoms with Gasteiger partial charge in [-0.25, -0.2) is 9.97 Å². The SMILES string of the molecule is O=C(CSc1ncccn1)Nc1cccc([N+](=O)[O-])c1. The molecule has 1 aromatic carbocycles. The highest BCUT2D eigenvalue weighted by molar-refractivity contribution is 7.99. The van der Waals surface area contributed by atoms with Gasteiger partial charge in [0.2, 0.25) is 5.91 Å². The number of nitro benzene ring substituents is 1. The molecule has 1 aromatic heterocycles. The second-order valence-electron chi connectivity index (χ2n) is 3.68. The first kappa shape index (κ1) is 13.9. The van der Waals surface area contributed by atoms with Crippen molar-refractivity contribution in [1.29, 1.82) is 0 Å². The zero-order chi connectivity index (χ0) is 14.4. The fraction of sp³-hybridized carbons (Fsp3) is 0.0833. The molecule has 1 N–H and O–H groups in total. The summed E-state index contributed by atoms with van der Waals surface area (Å²) in [6.45, 7) is 0. The van der Waals surface area contributed by atoms with E-state index in [4.69, 9.17) is 0 Å². The average molecular weight is 290 g/mol. The molecular formula is C12H10N4O3S. The van der Waals surface area contributed by atoms with Crippen LogP contribution in [0.3, 0.4) is 0 Å². The van der Waals surface area contributed by atoms with Gasteiger partial charge >= 0.3 is 0 Å². The highest BCUT2D eigenvalue weighted by Gasteiger charge is 2.09. The van der Waals surface area contributed by atoms with Crippen molar-refractivity contribution in [3.63, 3.8) is 0 Å². The fourth-order valence-corrected chi connectivity index (χ4v) is 1.99. The van der Waals surface area contributed by atoms with Crippen LogP contribution in [0.2, 0.25) is 0 Å². The Morgan fingerprint density at radius 1 is 1.30 bits per heavy atom. The lowest BCUT2D eigenvalue weighted by Crippen LogP contribution is -2.14. The predicted molar refractivity (Wildman–Crippen MR) is 74.5 cm³/mol. The van der Waals surface area contributed by atoms with Crippen LogP contribution in [-0.4, -0.2) is 26.6 Å². The van der Waals surface area contributed by atoms with Crippen molar-refractivity contribution in [2.45, 2.75) is 5.16 Å². The Balaban J connectivity index is 1.91. The van der Waals surface area contributed by atoms with E-state index in [1.165, 1.54) is 30.0 Å². The first-order valence-corrected chi connectivity index (χ1v) is 6.58. The van der Waals surface area contributed by atoms with Crippen molar-refractivity contribution in [2.24, 2.45) is 0 Å². The van der Waals surface area contributed by atoms with E-state index in [9.17, 15) is 14.9 Å². The Morgan fingerprint density at radius 3 is 2.75 bits per heavy atom. The summed E-state index contributed by atoms with van der Waals surface area (Å²) in [6, 6.07) is 7.47. The number of amides is 1. The zero-order valence-corrected chi connectivity index (χ0v) is 11.0. The van der Waals surface area contributed by atoms with E-state index in [1.807, 2.05) is 0 Å². The molecule has 0 atom stereocenters. The Kier molecular flexibility index (Phi) is 4.61. The molecule has 2 aromatic rings. The predicted octanol–water partition coefficient (Wildman–Crippen LogP) is 2.12. The van der Waals surface area contributed by atoms with Gasteiger partial charge in [-0.1, -0.05) is 17.8 Å². The van der Waals surface area contributed by atoms with E-state index in [2.05, 4.69) is 15.3 Å². The minimum Gasteiger partial charge on any atom is -0.325 e. The molecule has 2 rings (SSSR count). The van der Waals surface area contributed by atoms with Crippen LogP contribution in [0, 0.1) is 10.1 Å². The van der Waals surface area contributed by atoms with Crippen molar-refractivity contribution < 1.29 is 9.72 Å². The minimum absolute atomic E-state index is 0.0677. The summed E-state index contributed by atoms with van der Waals surface area (Å²) in [5, 5.41) is 13.7. The van der Waals surface area contributed by atoms with Crippen molar-refractivity contribution in [3.05, 3.63) is 52.8 Å². The highest BCUT2D eigenvalue weighted by atomic mass is 32.2. The number of benzene rings is 1. The molecule has 0 spiro atoms. The van der Waals surface area contributed by atoms with Crippen molar-refractivity contribution in [1.82, 2.24) is 9.97 Å². The van der Waals surface area contributed by atoms with Gasteiger partial charge in [0.1, 0.15) is 0 Å². The number of nitrogens with zero attached hydrogens (tertiary/aromatic N) is 3. The largest absolute Gasteiger partial charge is 0.325 e. The average Bonchev–Trinajstić information content (AvgIpc) is 2.46. The minimum atomic E-state index is -0.512. The Hall–Kier alpha value is -2.48. The summed E-state index contributed by atoms with van der Waals surface area (Å²) in [6.07, 6.45) is 3.18. The van der Waals surface area contributed by atoms with Crippen LogP contribution in [0.4, 0.5) is 11.4 Å². The maximum atomic E-state index is 11.7. The van der Waals surface area contributed by atoms with Gasteiger partial charge in [0, 0.05) is 30.2 Å². The Labute approximate surface area is 118 Å². The third-order valence-electron chi connectivity index (χ3n) is 2.22. The smallest absolute Gasteiger partial charge is 0.271 e. The molecule has 0 saturated carbocycles. The summed E-state index contributed by atoms with van der Waals surface area (Å²) in [4.78, 5) is 29.8. The molecule has 102 valence electrons. The van der Waals surface area contributed by atoms with E-state index >= 15 is 0 Å². The molecule has 0 saturated heterocycles. The number of aromatic nitrogens is 2. The number of hydrogen-bond acceptors (Lipinski definition) is 6. The third kappa shape index (κ3) is 4.02. The maximum absolute atomic E-state index is 11.7. The van der Waals surface area contributed by atoms with Crippen LogP contribution in [0.5, 0.6) is 0 Å². The number of rotatable bonds is 5. The molecule has 1 amide bonds. The van der Waals surface area contributed by atoms with Gasteiger partial charge < -0.3 is 5.32 Å². The van der Waals surface area contributed by atoms with Crippen molar-refractivity contribution in [2.75, 3.05) is 11.1 Å². The Bertz CT molecular complexity index is 621. The van der Waals surface area contributed by atoms with Crippen LogP contribution in [-0.2, 0) is 4.79 Å². The van der Waals surface area contributed by atoms with Crippen LogP contribution in [0.15, 0.2) is 47.9 Å². The van der Waals surface area contributed by atoms with Gasteiger partial charge in [-0.15, -0.1) is 0 Å². The number of nitro groups is 1. The molecule has 0 aliphatic rings. The van der Waals surface area contributed by atoms with E-state index in [0.717, 1.165) is 0 Å². The highest BCUT2D eigenvalue weighted by Crippen LogP contribution is 2.18. The number of non-ortho nitro benzene ring substituents is 1. The van der Waals surface area contributed by atoms with Gasteiger partial charge in [0.15, 0.2) is 5.16 Å². The number of thioether (sulfide) groups is 1. The molecule has 0 fully saturated rings. The topological polar surface area (TPSA) is 98.0 Å².